The van der Waals surface area contributed by atoms with E-state index in [4.69, 9.17) is 5.11 Å². The fraction of sp³-hybridized carbons (Fsp3) is 0.500. The number of allylic oxidation sites excluding steroid dienone is 1. The molecule has 0 aliphatic carbocycles. The highest BCUT2D eigenvalue weighted by Crippen LogP contribution is 2.04. The molecule has 0 aliphatic rings. The summed E-state index contributed by atoms with van der Waals surface area (Å²) in [6.45, 7) is 2.74. The summed E-state index contributed by atoms with van der Waals surface area (Å²) >= 11 is 0. The van der Waals surface area contributed by atoms with Crippen LogP contribution < -0.4 is 0 Å². The minimum Gasteiger partial charge on any atom is -0.478 e. The summed E-state index contributed by atoms with van der Waals surface area (Å²) in [4.78, 5) is 9.93. The van der Waals surface area contributed by atoms with Crippen LogP contribution in [0.25, 0.3) is 0 Å². The Morgan fingerprint density at radius 1 is 1.55 bits per heavy atom. The standard InChI is InChI=1S/C6H10O4S/c1-3-11(9,10)5(2)4-6(7)8/h4H,3H2,1-2H3,(H,7,8)/b5-4+. The molecule has 0 heterocycles. The minimum atomic E-state index is -3.31. The fourth-order valence-electron chi connectivity index (χ4n) is 0.491. The predicted octanol–water partition coefficient (Wildman–Crippen LogP) is 0.410. The van der Waals surface area contributed by atoms with E-state index < -0.39 is 15.8 Å². The van der Waals surface area contributed by atoms with Crippen LogP contribution in [0.15, 0.2) is 11.0 Å². The Balaban J connectivity index is 4.77. The summed E-state index contributed by atoms with van der Waals surface area (Å²) in [6.07, 6.45) is 0.693. The monoisotopic (exact) mass is 178 g/mol. The lowest BCUT2D eigenvalue weighted by atomic mass is 10.5. The lowest BCUT2D eigenvalue weighted by Crippen LogP contribution is -2.05. The molecule has 5 heteroatoms. The van der Waals surface area contributed by atoms with Crippen LogP contribution in [0, 0.1) is 0 Å². The van der Waals surface area contributed by atoms with Gasteiger partial charge < -0.3 is 5.11 Å². The molecular formula is C6H10O4S. The molecule has 11 heavy (non-hydrogen) atoms. The summed E-state index contributed by atoms with van der Waals surface area (Å²) in [5, 5.41) is 8.20. The van der Waals surface area contributed by atoms with Crippen molar-refractivity contribution in [3.8, 4) is 0 Å². The highest BCUT2D eigenvalue weighted by Gasteiger charge is 2.10. The number of carboxylic acid groups (broad SMARTS) is 1. The van der Waals surface area contributed by atoms with Gasteiger partial charge in [0.05, 0.1) is 5.75 Å². The third-order valence-corrected chi connectivity index (χ3v) is 3.06. The molecule has 0 saturated heterocycles. The highest BCUT2D eigenvalue weighted by molar-refractivity contribution is 7.95. The van der Waals surface area contributed by atoms with Crippen LogP contribution in [0.2, 0.25) is 0 Å². The van der Waals surface area contributed by atoms with Gasteiger partial charge in [0.15, 0.2) is 9.84 Å². The van der Waals surface area contributed by atoms with Crippen molar-refractivity contribution in [2.45, 2.75) is 13.8 Å². The second-order valence-corrected chi connectivity index (χ2v) is 4.45. The van der Waals surface area contributed by atoms with Crippen LogP contribution in [-0.4, -0.2) is 25.2 Å². The first-order valence-electron chi connectivity index (χ1n) is 3.04. The van der Waals surface area contributed by atoms with Gasteiger partial charge in [0, 0.05) is 11.0 Å². The molecule has 0 aromatic rings. The van der Waals surface area contributed by atoms with Crippen LogP contribution in [0.5, 0.6) is 0 Å². The first-order chi connectivity index (χ1) is 4.90. The number of aliphatic carboxylic acids is 1. The summed E-state index contributed by atoms with van der Waals surface area (Å²) < 4.78 is 21.8. The third-order valence-electron chi connectivity index (χ3n) is 1.20. The van der Waals surface area contributed by atoms with Crippen molar-refractivity contribution in [3.05, 3.63) is 11.0 Å². The van der Waals surface area contributed by atoms with Gasteiger partial charge in [-0.2, -0.15) is 0 Å². The van der Waals surface area contributed by atoms with Gasteiger partial charge in [-0.3, -0.25) is 0 Å². The zero-order chi connectivity index (χ0) is 9.07. The number of carboxylic acids is 1. The summed E-state index contributed by atoms with van der Waals surface area (Å²) in [7, 11) is -3.31. The molecule has 0 aliphatic heterocycles. The van der Waals surface area contributed by atoms with Gasteiger partial charge in [-0.05, 0) is 6.92 Å². The number of hydrogen-bond donors (Lipinski definition) is 1. The first-order valence-corrected chi connectivity index (χ1v) is 4.69. The molecule has 0 fully saturated rings. The van der Waals surface area contributed by atoms with Crippen molar-refractivity contribution in [3.63, 3.8) is 0 Å². The molecule has 0 saturated carbocycles. The Kier molecular flexibility index (Phi) is 3.25. The summed E-state index contributed by atoms with van der Waals surface area (Å²) in [5.41, 5.74) is 0. The molecule has 0 atom stereocenters. The SMILES string of the molecule is CCS(=O)(=O)/C(C)=C/C(=O)O. The number of sulfone groups is 1. The zero-order valence-corrected chi connectivity index (χ0v) is 7.18. The fourth-order valence-corrected chi connectivity index (χ4v) is 1.23. The normalized spacial score (nSPS) is 13.1. The second kappa shape index (κ2) is 3.52. The molecule has 0 unspecified atom stereocenters. The average Bonchev–Trinajstić information content (AvgIpc) is 1.86. The van der Waals surface area contributed by atoms with Crippen LogP contribution in [-0.2, 0) is 14.6 Å². The van der Waals surface area contributed by atoms with E-state index in [9.17, 15) is 13.2 Å². The van der Waals surface area contributed by atoms with Crippen molar-refractivity contribution in [1.82, 2.24) is 0 Å². The highest BCUT2D eigenvalue weighted by atomic mass is 32.2. The van der Waals surface area contributed by atoms with Gasteiger partial charge in [0.1, 0.15) is 0 Å². The van der Waals surface area contributed by atoms with Crippen molar-refractivity contribution in [1.29, 1.82) is 0 Å². The minimum absolute atomic E-state index is 0.0669. The van der Waals surface area contributed by atoms with Crippen molar-refractivity contribution >= 4 is 15.8 Å². The van der Waals surface area contributed by atoms with Gasteiger partial charge in [-0.1, -0.05) is 6.92 Å². The molecular weight excluding hydrogens is 168 g/mol. The second-order valence-electron chi connectivity index (χ2n) is 2.00. The molecule has 64 valence electrons. The van der Waals surface area contributed by atoms with Gasteiger partial charge >= 0.3 is 5.97 Å². The molecule has 1 N–H and O–H groups in total. The largest absolute Gasteiger partial charge is 0.478 e. The quantitative estimate of drug-likeness (QED) is 0.635. The van der Waals surface area contributed by atoms with E-state index in [0.29, 0.717) is 6.08 Å². The van der Waals surface area contributed by atoms with E-state index in [-0.39, 0.29) is 10.7 Å². The zero-order valence-electron chi connectivity index (χ0n) is 6.36. The van der Waals surface area contributed by atoms with Crippen LogP contribution in [0.4, 0.5) is 0 Å². The Labute approximate surface area is 65.5 Å². The molecule has 0 rings (SSSR count). The first kappa shape index (κ1) is 10.2. The Morgan fingerprint density at radius 2 is 2.00 bits per heavy atom. The van der Waals surface area contributed by atoms with E-state index in [2.05, 4.69) is 0 Å². The van der Waals surface area contributed by atoms with Gasteiger partial charge in [-0.15, -0.1) is 0 Å². The molecule has 0 bridgehead atoms. The summed E-state index contributed by atoms with van der Waals surface area (Å²) in [5.74, 6) is -1.30. The number of rotatable bonds is 3. The van der Waals surface area contributed by atoms with Gasteiger partial charge in [-0.25, -0.2) is 13.2 Å². The van der Waals surface area contributed by atoms with Crippen molar-refractivity contribution in [2.24, 2.45) is 0 Å². The molecule has 4 nitrogen and oxygen atoms in total. The van der Waals surface area contributed by atoms with E-state index in [0.717, 1.165) is 0 Å². The Hall–Kier alpha value is -0.840. The van der Waals surface area contributed by atoms with E-state index in [1.54, 1.807) is 0 Å². The maximum absolute atomic E-state index is 10.9. The van der Waals surface area contributed by atoms with Gasteiger partial charge in [0.2, 0.25) is 0 Å². The molecule has 0 radical (unpaired) electrons. The third kappa shape index (κ3) is 3.18. The van der Waals surface area contributed by atoms with Crippen LogP contribution in [0.1, 0.15) is 13.8 Å². The van der Waals surface area contributed by atoms with Crippen LogP contribution in [0.3, 0.4) is 0 Å². The Bertz CT molecular complexity index is 273. The van der Waals surface area contributed by atoms with E-state index >= 15 is 0 Å². The van der Waals surface area contributed by atoms with Crippen molar-refractivity contribution < 1.29 is 18.3 Å². The van der Waals surface area contributed by atoms with Gasteiger partial charge in [0.25, 0.3) is 0 Å². The van der Waals surface area contributed by atoms with Crippen molar-refractivity contribution in [2.75, 3.05) is 5.75 Å². The number of hydrogen-bond acceptors (Lipinski definition) is 3. The lowest BCUT2D eigenvalue weighted by molar-refractivity contribution is -0.131. The Morgan fingerprint density at radius 3 is 2.27 bits per heavy atom. The molecule has 0 aromatic carbocycles. The maximum Gasteiger partial charge on any atom is 0.329 e. The molecule has 0 spiro atoms. The van der Waals surface area contributed by atoms with Crippen LogP contribution >= 0.6 is 0 Å². The topological polar surface area (TPSA) is 71.4 Å². The predicted molar refractivity (Wildman–Crippen MR) is 40.9 cm³/mol. The van der Waals surface area contributed by atoms with E-state index in [1.807, 2.05) is 0 Å². The average molecular weight is 178 g/mol. The van der Waals surface area contributed by atoms with E-state index in [1.165, 1.54) is 13.8 Å². The lowest BCUT2D eigenvalue weighted by Gasteiger charge is -1.97. The summed E-state index contributed by atoms with van der Waals surface area (Å²) in [6, 6.07) is 0. The molecule has 0 amide bonds. The molecule has 0 aromatic heterocycles. The smallest absolute Gasteiger partial charge is 0.329 e. The maximum atomic E-state index is 10.9. The number of carbonyl (C=O) groups is 1.